The van der Waals surface area contributed by atoms with Gasteiger partial charge in [0.05, 0.1) is 23.3 Å². The van der Waals surface area contributed by atoms with Crippen LogP contribution in [0.15, 0.2) is 64.6 Å². The van der Waals surface area contributed by atoms with E-state index in [4.69, 9.17) is 5.21 Å². The Morgan fingerprint density at radius 3 is 2.15 bits per heavy atom. The first-order chi connectivity index (χ1) is 18.9. The van der Waals surface area contributed by atoms with Gasteiger partial charge in [0.15, 0.2) is 0 Å². The van der Waals surface area contributed by atoms with Crippen LogP contribution in [0, 0.1) is 11.8 Å². The Hall–Kier alpha value is -3.48. The Morgan fingerprint density at radius 1 is 1.00 bits per heavy atom. The molecule has 220 valence electrons. The van der Waals surface area contributed by atoms with Gasteiger partial charge in [0, 0.05) is 13.1 Å². The molecule has 11 nitrogen and oxygen atoms in total. The minimum absolute atomic E-state index is 0.00146. The van der Waals surface area contributed by atoms with Crippen LogP contribution in [0.3, 0.4) is 0 Å². The summed E-state index contributed by atoms with van der Waals surface area (Å²) in [6, 6.07) is 12.9. The minimum Gasteiger partial charge on any atom is -0.465 e. The molecular formula is C28H40N4O7S. The quantitative estimate of drug-likeness (QED) is 0.123. The lowest BCUT2D eigenvalue weighted by Crippen LogP contribution is -2.57. The van der Waals surface area contributed by atoms with Gasteiger partial charge in [-0.2, -0.15) is 4.31 Å². The maximum atomic E-state index is 13.6. The second-order valence-corrected chi connectivity index (χ2v) is 12.2. The molecule has 0 saturated carbocycles. The number of carboxylic acid groups (broad SMARTS) is 1. The Labute approximate surface area is 236 Å². The number of nitrogens with zero attached hydrogens (tertiary/aromatic N) is 2. The van der Waals surface area contributed by atoms with Crippen LogP contribution in [0.25, 0.3) is 0 Å². The third kappa shape index (κ3) is 9.61. The number of hydrogen-bond donors (Lipinski definition) is 5. The van der Waals surface area contributed by atoms with Gasteiger partial charge in [0.2, 0.25) is 15.9 Å². The Kier molecular flexibility index (Phi) is 12.6. The molecule has 40 heavy (non-hydrogen) atoms. The highest BCUT2D eigenvalue weighted by molar-refractivity contribution is 7.89. The molecule has 0 unspecified atom stereocenters. The summed E-state index contributed by atoms with van der Waals surface area (Å²) in [5.74, 6) is -0.988. The molecule has 4 atom stereocenters. The topological polar surface area (TPSA) is 169 Å². The SMILES string of the molecule is CC[C@H](C)[C@H](NC(=O)O)C(=O)N[C@@H](Cc1ccccc1)[C@@H](O)CN(CC(C)C)S(=O)(=O)c1ccc(C=NO)cc1. The van der Waals surface area contributed by atoms with Crippen LogP contribution >= 0.6 is 0 Å². The number of benzene rings is 2. The number of amides is 2. The normalized spacial score (nSPS) is 15.1. The van der Waals surface area contributed by atoms with E-state index >= 15 is 0 Å². The molecule has 0 aliphatic heterocycles. The zero-order valence-electron chi connectivity index (χ0n) is 23.3. The standard InChI is InChI=1S/C28H40N4O7S/c1-5-20(4)26(31-28(35)36)27(34)30-24(15-21-9-7-6-8-10-21)25(33)18-32(17-19(2)3)40(38,39)23-13-11-22(12-14-23)16-29-37/h6-14,16,19-20,24-26,31,33,37H,5,15,17-18H2,1-4H3,(H,30,34)(H,35,36)/t20-,24-,25-,26-/m0/s1. The molecule has 5 N–H and O–H groups in total. The van der Waals surface area contributed by atoms with E-state index in [9.17, 15) is 28.2 Å². The predicted molar refractivity (Wildman–Crippen MR) is 152 cm³/mol. The number of aliphatic hydroxyl groups excluding tert-OH is 1. The van der Waals surface area contributed by atoms with Crippen molar-refractivity contribution in [3.63, 3.8) is 0 Å². The van der Waals surface area contributed by atoms with E-state index < -0.39 is 40.2 Å². The molecule has 0 aliphatic carbocycles. The summed E-state index contributed by atoms with van der Waals surface area (Å²) in [6.07, 6.45) is -0.756. The number of oxime groups is 1. The van der Waals surface area contributed by atoms with Crippen molar-refractivity contribution in [2.45, 2.75) is 63.6 Å². The Balaban J connectivity index is 2.39. The van der Waals surface area contributed by atoms with Crippen molar-refractivity contribution >= 4 is 28.2 Å². The van der Waals surface area contributed by atoms with Gasteiger partial charge in [-0.1, -0.05) is 81.7 Å². The lowest BCUT2D eigenvalue weighted by molar-refractivity contribution is -0.125. The number of rotatable bonds is 15. The molecule has 0 saturated heterocycles. The highest BCUT2D eigenvalue weighted by Gasteiger charge is 2.33. The van der Waals surface area contributed by atoms with Crippen LogP contribution in [-0.4, -0.2) is 77.6 Å². The van der Waals surface area contributed by atoms with Crippen molar-refractivity contribution < 1.29 is 33.4 Å². The average Bonchev–Trinajstić information content (AvgIpc) is 2.91. The molecule has 2 aromatic carbocycles. The number of hydrogen-bond acceptors (Lipinski definition) is 7. The number of sulfonamides is 1. The average molecular weight is 577 g/mol. The summed E-state index contributed by atoms with van der Waals surface area (Å²) in [5, 5.41) is 37.4. The number of nitrogens with one attached hydrogen (secondary N) is 2. The van der Waals surface area contributed by atoms with Crippen molar-refractivity contribution in [3.05, 3.63) is 65.7 Å². The molecule has 0 bridgehead atoms. The molecule has 2 rings (SSSR count). The summed E-state index contributed by atoms with van der Waals surface area (Å²) in [7, 11) is -4.04. The van der Waals surface area contributed by atoms with Crippen LogP contribution in [0.1, 0.15) is 45.2 Å². The third-order valence-corrected chi connectivity index (χ3v) is 8.40. The molecule has 0 spiro atoms. The first-order valence-corrected chi connectivity index (χ1v) is 14.6. The van der Waals surface area contributed by atoms with E-state index in [0.29, 0.717) is 12.0 Å². The van der Waals surface area contributed by atoms with Crippen molar-refractivity contribution in [2.75, 3.05) is 13.1 Å². The van der Waals surface area contributed by atoms with Crippen LogP contribution in [0.4, 0.5) is 4.79 Å². The fourth-order valence-corrected chi connectivity index (χ4v) is 5.84. The van der Waals surface area contributed by atoms with Crippen LogP contribution in [0.5, 0.6) is 0 Å². The lowest BCUT2D eigenvalue weighted by atomic mass is 9.96. The van der Waals surface area contributed by atoms with E-state index in [-0.39, 0.29) is 36.2 Å². The summed E-state index contributed by atoms with van der Waals surface area (Å²) < 4.78 is 28.4. The summed E-state index contributed by atoms with van der Waals surface area (Å²) >= 11 is 0. The molecule has 0 fully saturated rings. The van der Waals surface area contributed by atoms with Crippen LogP contribution < -0.4 is 10.6 Å². The van der Waals surface area contributed by atoms with Gasteiger partial charge in [0.1, 0.15) is 6.04 Å². The fraction of sp³-hybridized carbons (Fsp3) is 0.464. The maximum Gasteiger partial charge on any atom is 0.405 e. The highest BCUT2D eigenvalue weighted by atomic mass is 32.2. The van der Waals surface area contributed by atoms with E-state index in [1.165, 1.54) is 34.8 Å². The van der Waals surface area contributed by atoms with Gasteiger partial charge < -0.3 is 26.1 Å². The molecule has 2 aromatic rings. The van der Waals surface area contributed by atoms with Gasteiger partial charge in [-0.25, -0.2) is 13.2 Å². The fourth-order valence-electron chi connectivity index (χ4n) is 4.21. The van der Waals surface area contributed by atoms with E-state index in [1.54, 1.807) is 6.92 Å². The molecule has 0 radical (unpaired) electrons. The molecule has 0 aliphatic rings. The first kappa shape index (κ1) is 32.7. The van der Waals surface area contributed by atoms with E-state index in [0.717, 1.165) is 5.56 Å². The molecule has 0 heterocycles. The van der Waals surface area contributed by atoms with Crippen molar-refractivity contribution in [3.8, 4) is 0 Å². The van der Waals surface area contributed by atoms with Gasteiger partial charge >= 0.3 is 6.09 Å². The van der Waals surface area contributed by atoms with Crippen LogP contribution in [-0.2, 0) is 21.2 Å². The molecular weight excluding hydrogens is 536 g/mol. The number of aliphatic hydroxyl groups is 1. The largest absolute Gasteiger partial charge is 0.465 e. The summed E-state index contributed by atoms with van der Waals surface area (Å²) in [5.41, 5.74) is 1.31. The maximum absolute atomic E-state index is 13.6. The summed E-state index contributed by atoms with van der Waals surface area (Å²) in [4.78, 5) is 24.6. The Morgan fingerprint density at radius 2 is 1.62 bits per heavy atom. The van der Waals surface area contributed by atoms with Gasteiger partial charge in [0.25, 0.3) is 0 Å². The number of carbonyl (C=O) groups is 2. The van der Waals surface area contributed by atoms with Gasteiger partial charge in [-0.15, -0.1) is 0 Å². The Bertz CT molecular complexity index is 1220. The van der Waals surface area contributed by atoms with Gasteiger partial charge in [-0.05, 0) is 41.5 Å². The second-order valence-electron chi connectivity index (χ2n) is 10.2. The lowest BCUT2D eigenvalue weighted by Gasteiger charge is -2.32. The number of carbonyl (C=O) groups excluding carboxylic acids is 1. The second kappa shape index (κ2) is 15.3. The van der Waals surface area contributed by atoms with Crippen molar-refractivity contribution in [1.29, 1.82) is 0 Å². The van der Waals surface area contributed by atoms with Crippen LogP contribution in [0.2, 0.25) is 0 Å². The third-order valence-electron chi connectivity index (χ3n) is 6.55. The van der Waals surface area contributed by atoms with Gasteiger partial charge in [-0.3, -0.25) is 4.79 Å². The summed E-state index contributed by atoms with van der Waals surface area (Å²) in [6.45, 7) is 7.10. The van der Waals surface area contributed by atoms with E-state index in [2.05, 4.69) is 15.8 Å². The van der Waals surface area contributed by atoms with Crippen molar-refractivity contribution in [1.82, 2.24) is 14.9 Å². The minimum atomic E-state index is -4.04. The predicted octanol–water partition coefficient (Wildman–Crippen LogP) is 2.91. The zero-order chi connectivity index (χ0) is 29.9. The molecule has 12 heteroatoms. The first-order valence-electron chi connectivity index (χ1n) is 13.2. The highest BCUT2D eigenvalue weighted by Crippen LogP contribution is 2.20. The molecule has 0 aromatic heterocycles. The van der Waals surface area contributed by atoms with Crippen molar-refractivity contribution in [2.24, 2.45) is 17.0 Å². The van der Waals surface area contributed by atoms with E-state index in [1.807, 2.05) is 51.1 Å². The smallest absolute Gasteiger partial charge is 0.405 e. The molecule has 2 amide bonds. The monoisotopic (exact) mass is 576 g/mol. The zero-order valence-corrected chi connectivity index (χ0v) is 24.1.